The van der Waals surface area contributed by atoms with E-state index < -0.39 is 0 Å². The molecule has 1 aromatic rings. The van der Waals surface area contributed by atoms with Gasteiger partial charge in [-0.25, -0.2) is 0 Å². The maximum atomic E-state index is 12.7. The molecule has 0 spiro atoms. The minimum atomic E-state index is 0.0893. The summed E-state index contributed by atoms with van der Waals surface area (Å²) in [6.45, 7) is 4.32. The molecule has 4 heteroatoms. The number of amides is 1. The third kappa shape index (κ3) is 3.66. The molecule has 1 aromatic carbocycles. The lowest BCUT2D eigenvalue weighted by molar-refractivity contribution is -0.127. The molecule has 5 rings (SSSR count). The summed E-state index contributed by atoms with van der Waals surface area (Å²) in [5.41, 5.74) is 2.46. The number of nitrogens with one attached hydrogen (secondary N) is 2. The normalized spacial score (nSPS) is 31.9. The van der Waals surface area contributed by atoms with Crippen molar-refractivity contribution in [3.63, 3.8) is 0 Å². The summed E-state index contributed by atoms with van der Waals surface area (Å²) in [6, 6.07) is 8.16. The van der Waals surface area contributed by atoms with E-state index in [4.69, 9.17) is 12.2 Å². The third-order valence-electron chi connectivity index (χ3n) is 6.78. The van der Waals surface area contributed by atoms with E-state index in [0.29, 0.717) is 17.5 Å². The molecule has 0 saturated heterocycles. The third-order valence-corrected chi connectivity index (χ3v) is 6.99. The van der Waals surface area contributed by atoms with E-state index in [1.807, 2.05) is 18.2 Å². The number of rotatable bonds is 4. The van der Waals surface area contributed by atoms with Crippen LogP contribution in [-0.2, 0) is 4.79 Å². The molecule has 2 N–H and O–H groups in total. The fourth-order valence-electron chi connectivity index (χ4n) is 6.29. The van der Waals surface area contributed by atoms with Crippen molar-refractivity contribution in [2.75, 3.05) is 5.32 Å². The van der Waals surface area contributed by atoms with E-state index >= 15 is 0 Å². The number of para-hydroxylation sites is 1. The lowest BCUT2D eigenvalue weighted by atomic mass is 9.49. The maximum absolute atomic E-state index is 12.7. The van der Waals surface area contributed by atoms with Gasteiger partial charge in [-0.3, -0.25) is 4.79 Å². The molecule has 0 heterocycles. The highest BCUT2D eigenvalue weighted by Crippen LogP contribution is 2.61. The fourth-order valence-corrected chi connectivity index (χ4v) is 6.51. The average molecular weight is 371 g/mol. The Balaban J connectivity index is 1.36. The largest absolute Gasteiger partial charge is 0.332 e. The summed E-state index contributed by atoms with van der Waals surface area (Å²) in [5.74, 6) is 3.11. The molecule has 0 radical (unpaired) electrons. The van der Waals surface area contributed by atoms with Crippen molar-refractivity contribution in [3.8, 4) is 0 Å². The van der Waals surface area contributed by atoms with E-state index in [2.05, 4.69) is 30.5 Å². The van der Waals surface area contributed by atoms with Gasteiger partial charge in [0.2, 0.25) is 5.91 Å². The fraction of sp³-hybridized carbons (Fsp3) is 0.636. The number of hydrogen-bond donors (Lipinski definition) is 2. The van der Waals surface area contributed by atoms with Crippen LogP contribution < -0.4 is 10.6 Å². The molecule has 140 valence electrons. The molecule has 4 aliphatic carbocycles. The van der Waals surface area contributed by atoms with Crippen LogP contribution in [0.2, 0.25) is 0 Å². The Kier molecular flexibility index (Phi) is 4.81. The number of thiocarbonyl (C=S) groups is 1. The van der Waals surface area contributed by atoms with Gasteiger partial charge in [-0.05, 0) is 91.5 Å². The van der Waals surface area contributed by atoms with Gasteiger partial charge >= 0.3 is 0 Å². The summed E-state index contributed by atoms with van der Waals surface area (Å²) < 4.78 is 0. The van der Waals surface area contributed by atoms with E-state index in [1.54, 1.807) is 0 Å². The highest BCUT2D eigenvalue weighted by molar-refractivity contribution is 7.80. The zero-order chi connectivity index (χ0) is 18.3. The van der Waals surface area contributed by atoms with Gasteiger partial charge in [0.1, 0.15) is 0 Å². The predicted octanol–water partition coefficient (Wildman–Crippen LogP) is 5.23. The topological polar surface area (TPSA) is 41.1 Å². The van der Waals surface area contributed by atoms with Crippen molar-refractivity contribution in [1.82, 2.24) is 5.32 Å². The van der Waals surface area contributed by atoms with Crippen molar-refractivity contribution in [1.29, 1.82) is 0 Å². The van der Waals surface area contributed by atoms with Crippen molar-refractivity contribution in [2.45, 2.75) is 64.7 Å². The standard InChI is InChI=1S/C22H30N2OS/c1-14(2)18-5-3-4-6-19(18)23-21(26)24-20(25)13-22-10-15-7-16(11-22)9-17(8-15)12-22/h3-6,14-17H,7-13H2,1-2H3,(H2,23,24,25,26). The van der Waals surface area contributed by atoms with Crippen molar-refractivity contribution in [3.05, 3.63) is 29.8 Å². The second-order valence-corrected chi connectivity index (χ2v) is 9.75. The Labute approximate surface area is 162 Å². The van der Waals surface area contributed by atoms with Crippen molar-refractivity contribution in [2.24, 2.45) is 23.2 Å². The molecule has 3 nitrogen and oxygen atoms in total. The molecule has 1 amide bonds. The summed E-state index contributed by atoms with van der Waals surface area (Å²) in [5, 5.41) is 6.61. The van der Waals surface area contributed by atoms with Crippen LogP contribution in [0.4, 0.5) is 5.69 Å². The van der Waals surface area contributed by atoms with Gasteiger partial charge in [0, 0.05) is 12.1 Å². The second kappa shape index (κ2) is 6.95. The predicted molar refractivity (Wildman–Crippen MR) is 110 cm³/mol. The van der Waals surface area contributed by atoms with Gasteiger partial charge in [-0.1, -0.05) is 32.0 Å². The Morgan fingerprint density at radius 1 is 1.12 bits per heavy atom. The minimum absolute atomic E-state index is 0.0893. The Bertz CT molecular complexity index is 677. The molecule has 0 aromatic heterocycles. The number of hydrogen-bond acceptors (Lipinski definition) is 2. The van der Waals surface area contributed by atoms with E-state index in [1.165, 1.54) is 44.1 Å². The van der Waals surface area contributed by atoms with Crippen molar-refractivity contribution < 1.29 is 4.79 Å². The first-order valence-electron chi connectivity index (χ1n) is 10.1. The van der Waals surface area contributed by atoms with Crippen LogP contribution in [-0.4, -0.2) is 11.0 Å². The Morgan fingerprint density at radius 3 is 2.27 bits per heavy atom. The zero-order valence-electron chi connectivity index (χ0n) is 15.9. The van der Waals surface area contributed by atoms with E-state index in [0.717, 1.165) is 23.4 Å². The van der Waals surface area contributed by atoms with E-state index in [-0.39, 0.29) is 11.3 Å². The smallest absolute Gasteiger partial charge is 0.226 e. The molecule has 0 atom stereocenters. The van der Waals surface area contributed by atoms with Crippen LogP contribution in [0.1, 0.15) is 70.3 Å². The molecule has 4 fully saturated rings. The van der Waals surface area contributed by atoms with Crippen LogP contribution in [0.5, 0.6) is 0 Å². The highest BCUT2D eigenvalue weighted by atomic mass is 32.1. The lowest BCUT2D eigenvalue weighted by Gasteiger charge is -2.56. The summed E-state index contributed by atoms with van der Waals surface area (Å²) in [7, 11) is 0. The highest BCUT2D eigenvalue weighted by Gasteiger charge is 2.51. The molecule has 0 unspecified atom stereocenters. The van der Waals surface area contributed by atoms with Crippen LogP contribution in [0, 0.1) is 23.2 Å². The van der Waals surface area contributed by atoms with Gasteiger partial charge in [-0.15, -0.1) is 0 Å². The van der Waals surface area contributed by atoms with Crippen LogP contribution in [0.25, 0.3) is 0 Å². The Morgan fingerprint density at radius 2 is 1.69 bits per heavy atom. The summed E-state index contributed by atoms with van der Waals surface area (Å²) in [4.78, 5) is 12.7. The monoisotopic (exact) mass is 370 g/mol. The molecule has 26 heavy (non-hydrogen) atoms. The van der Waals surface area contributed by atoms with Crippen LogP contribution >= 0.6 is 12.2 Å². The van der Waals surface area contributed by atoms with Gasteiger partial charge in [-0.2, -0.15) is 0 Å². The molecular formula is C22H30N2OS. The molecule has 4 aliphatic rings. The molecule has 4 bridgehead atoms. The number of carbonyl (C=O) groups is 1. The number of carbonyl (C=O) groups excluding carboxylic acids is 1. The zero-order valence-corrected chi connectivity index (χ0v) is 16.7. The molecule has 4 saturated carbocycles. The van der Waals surface area contributed by atoms with Gasteiger partial charge in [0.25, 0.3) is 0 Å². The SMILES string of the molecule is CC(C)c1ccccc1NC(=S)NC(=O)CC12CC3CC(CC(C3)C1)C2. The molecular weight excluding hydrogens is 340 g/mol. The van der Waals surface area contributed by atoms with E-state index in [9.17, 15) is 4.79 Å². The molecule has 0 aliphatic heterocycles. The number of anilines is 1. The number of benzene rings is 1. The summed E-state index contributed by atoms with van der Waals surface area (Å²) >= 11 is 5.42. The first kappa shape index (κ1) is 18.0. The van der Waals surface area contributed by atoms with Crippen LogP contribution in [0.15, 0.2) is 24.3 Å². The average Bonchev–Trinajstić information content (AvgIpc) is 2.52. The van der Waals surface area contributed by atoms with Gasteiger partial charge in [0.05, 0.1) is 0 Å². The first-order chi connectivity index (χ1) is 12.4. The lowest BCUT2D eigenvalue weighted by Crippen LogP contribution is -2.48. The minimum Gasteiger partial charge on any atom is -0.332 e. The maximum Gasteiger partial charge on any atom is 0.226 e. The summed E-state index contributed by atoms with van der Waals surface area (Å²) in [6.07, 6.45) is 8.63. The van der Waals surface area contributed by atoms with Crippen LogP contribution in [0.3, 0.4) is 0 Å². The van der Waals surface area contributed by atoms with Gasteiger partial charge < -0.3 is 10.6 Å². The van der Waals surface area contributed by atoms with Crippen molar-refractivity contribution >= 4 is 28.9 Å². The Hall–Kier alpha value is -1.42. The first-order valence-corrected chi connectivity index (χ1v) is 10.5. The second-order valence-electron chi connectivity index (χ2n) is 9.34. The van der Waals surface area contributed by atoms with Gasteiger partial charge in [0.15, 0.2) is 5.11 Å². The quantitative estimate of drug-likeness (QED) is 0.713.